The first-order valence-corrected chi connectivity index (χ1v) is 10.4. The number of amides is 3. The van der Waals surface area contributed by atoms with E-state index in [1.54, 1.807) is 7.11 Å². The highest BCUT2D eigenvalue weighted by atomic mass is 16.5. The number of methoxy groups -OCH3 is 1. The smallest absolute Gasteiger partial charge is 0.315 e. The Balaban J connectivity index is 1.36. The molecule has 1 aromatic rings. The van der Waals surface area contributed by atoms with E-state index in [2.05, 4.69) is 26.9 Å². The number of anilines is 1. The predicted octanol–water partition coefficient (Wildman–Crippen LogP) is 2.41. The van der Waals surface area contributed by atoms with Crippen LogP contribution in [0, 0.1) is 0 Å². The van der Waals surface area contributed by atoms with Gasteiger partial charge in [-0.3, -0.25) is 4.79 Å². The van der Waals surface area contributed by atoms with Crippen LogP contribution in [0.5, 0.6) is 5.75 Å². The average Bonchev–Trinajstić information content (AvgIpc) is 2.73. The van der Waals surface area contributed by atoms with Gasteiger partial charge in [0.15, 0.2) is 0 Å². The molecule has 1 saturated carbocycles. The summed E-state index contributed by atoms with van der Waals surface area (Å²) in [6.45, 7) is 1.74. The van der Waals surface area contributed by atoms with Crippen LogP contribution in [-0.4, -0.2) is 50.8 Å². The van der Waals surface area contributed by atoms with Crippen molar-refractivity contribution in [1.29, 1.82) is 0 Å². The van der Waals surface area contributed by atoms with Gasteiger partial charge in [-0.2, -0.15) is 0 Å². The van der Waals surface area contributed by atoms with E-state index in [9.17, 15) is 9.59 Å². The molecule has 154 valence electrons. The summed E-state index contributed by atoms with van der Waals surface area (Å²) in [4.78, 5) is 26.4. The molecule has 3 amide bonds. The molecule has 1 aliphatic carbocycles. The Hall–Kier alpha value is -2.44. The highest BCUT2D eigenvalue weighted by molar-refractivity contribution is 5.84. The molecule has 0 aromatic heterocycles. The van der Waals surface area contributed by atoms with Crippen molar-refractivity contribution in [3.63, 3.8) is 0 Å². The summed E-state index contributed by atoms with van der Waals surface area (Å²) in [6.07, 6.45) is 7.41. The van der Waals surface area contributed by atoms with Crippen LogP contribution >= 0.6 is 0 Å². The third-order valence-electron chi connectivity index (χ3n) is 5.64. The summed E-state index contributed by atoms with van der Waals surface area (Å²) in [7, 11) is 1.68. The first-order valence-electron chi connectivity index (χ1n) is 10.4. The maximum Gasteiger partial charge on any atom is 0.315 e. The number of urea groups is 1. The topological polar surface area (TPSA) is 82.7 Å². The highest BCUT2D eigenvalue weighted by Gasteiger charge is 2.23. The van der Waals surface area contributed by atoms with Crippen LogP contribution in [-0.2, 0) is 4.79 Å². The second-order valence-electron chi connectivity index (χ2n) is 7.66. The lowest BCUT2D eigenvalue weighted by atomic mass is 9.95. The molecule has 3 rings (SSSR count). The molecule has 7 nitrogen and oxygen atoms in total. The Morgan fingerprint density at radius 1 is 1.00 bits per heavy atom. The number of nitrogens with zero attached hydrogens (tertiary/aromatic N) is 1. The molecule has 2 aliphatic rings. The summed E-state index contributed by atoms with van der Waals surface area (Å²) in [5.41, 5.74) is 1.09. The number of piperidine rings is 1. The lowest BCUT2D eigenvalue weighted by molar-refractivity contribution is -0.121. The van der Waals surface area contributed by atoms with Crippen molar-refractivity contribution in [3.05, 3.63) is 24.3 Å². The predicted molar refractivity (Wildman–Crippen MR) is 110 cm³/mol. The summed E-state index contributed by atoms with van der Waals surface area (Å²) in [6, 6.07) is 8.11. The van der Waals surface area contributed by atoms with Crippen LogP contribution in [0.1, 0.15) is 44.9 Å². The van der Waals surface area contributed by atoms with Crippen molar-refractivity contribution in [2.24, 2.45) is 0 Å². The number of para-hydroxylation sites is 2. The van der Waals surface area contributed by atoms with Gasteiger partial charge in [-0.15, -0.1) is 0 Å². The molecule has 28 heavy (non-hydrogen) atoms. The standard InChI is InChI=1S/C21H32N4O3/c1-28-19-10-6-5-9-18(19)25-13-11-17(12-14-25)24-21(27)22-15-20(26)23-16-7-3-2-4-8-16/h5-6,9-10,16-17H,2-4,7-8,11-15H2,1H3,(H,23,26)(H2,22,24,27). The Bertz CT molecular complexity index is 653. The number of carbonyl (C=O) groups excluding carboxylic acids is 2. The van der Waals surface area contributed by atoms with Gasteiger partial charge in [0, 0.05) is 25.2 Å². The summed E-state index contributed by atoms with van der Waals surface area (Å²) in [5.74, 6) is 0.767. The lowest BCUT2D eigenvalue weighted by Gasteiger charge is -2.34. The minimum Gasteiger partial charge on any atom is -0.495 e. The van der Waals surface area contributed by atoms with Crippen molar-refractivity contribution < 1.29 is 14.3 Å². The number of nitrogens with one attached hydrogen (secondary N) is 3. The minimum atomic E-state index is -0.269. The first-order chi connectivity index (χ1) is 13.7. The molecule has 1 aliphatic heterocycles. The summed E-state index contributed by atoms with van der Waals surface area (Å²) in [5, 5.41) is 8.69. The fraction of sp³-hybridized carbons (Fsp3) is 0.619. The molecule has 7 heteroatoms. The molecule has 0 bridgehead atoms. The second kappa shape index (κ2) is 10.2. The lowest BCUT2D eigenvalue weighted by Crippen LogP contribution is -2.50. The third kappa shape index (κ3) is 5.78. The number of rotatable bonds is 6. The molecular formula is C21H32N4O3. The number of ether oxygens (including phenoxy) is 1. The summed E-state index contributed by atoms with van der Waals surface area (Å²) < 4.78 is 5.44. The zero-order valence-electron chi connectivity index (χ0n) is 16.7. The van der Waals surface area contributed by atoms with E-state index in [0.29, 0.717) is 0 Å². The van der Waals surface area contributed by atoms with Gasteiger partial charge in [0.05, 0.1) is 19.3 Å². The Morgan fingerprint density at radius 3 is 2.39 bits per heavy atom. The van der Waals surface area contributed by atoms with Crippen molar-refractivity contribution >= 4 is 17.6 Å². The van der Waals surface area contributed by atoms with Gasteiger partial charge in [-0.05, 0) is 37.8 Å². The molecule has 1 heterocycles. The van der Waals surface area contributed by atoms with Crippen molar-refractivity contribution in [2.45, 2.75) is 57.0 Å². The summed E-state index contributed by atoms with van der Waals surface area (Å²) >= 11 is 0. The quantitative estimate of drug-likeness (QED) is 0.699. The van der Waals surface area contributed by atoms with Crippen molar-refractivity contribution in [2.75, 3.05) is 31.6 Å². The van der Waals surface area contributed by atoms with Crippen LogP contribution < -0.4 is 25.6 Å². The van der Waals surface area contributed by atoms with Crippen LogP contribution in [0.25, 0.3) is 0 Å². The highest BCUT2D eigenvalue weighted by Crippen LogP contribution is 2.29. The van der Waals surface area contributed by atoms with Crippen LogP contribution in [0.4, 0.5) is 10.5 Å². The zero-order chi connectivity index (χ0) is 19.8. The van der Waals surface area contributed by atoms with E-state index in [1.165, 1.54) is 19.3 Å². The first kappa shape index (κ1) is 20.3. The minimum absolute atomic E-state index is 0.0302. The molecule has 0 radical (unpaired) electrons. The average molecular weight is 389 g/mol. The normalized spacial score (nSPS) is 18.4. The number of hydrogen-bond donors (Lipinski definition) is 3. The van der Waals surface area contributed by atoms with Crippen LogP contribution in [0.3, 0.4) is 0 Å². The second-order valence-corrected chi connectivity index (χ2v) is 7.66. The molecule has 0 atom stereocenters. The fourth-order valence-electron chi connectivity index (χ4n) is 4.08. The molecule has 1 saturated heterocycles. The molecular weight excluding hydrogens is 356 g/mol. The molecule has 0 spiro atoms. The van der Waals surface area contributed by atoms with Gasteiger partial charge in [0.25, 0.3) is 0 Å². The van der Waals surface area contributed by atoms with Gasteiger partial charge in [0.1, 0.15) is 5.75 Å². The van der Waals surface area contributed by atoms with Crippen LogP contribution in [0.15, 0.2) is 24.3 Å². The molecule has 1 aromatic carbocycles. The number of hydrogen-bond acceptors (Lipinski definition) is 4. The van der Waals surface area contributed by atoms with E-state index in [1.807, 2.05) is 18.2 Å². The zero-order valence-corrected chi connectivity index (χ0v) is 16.7. The SMILES string of the molecule is COc1ccccc1N1CCC(NC(=O)NCC(=O)NC2CCCCC2)CC1. The van der Waals surface area contributed by atoms with Crippen molar-refractivity contribution in [3.8, 4) is 5.75 Å². The van der Waals surface area contributed by atoms with Gasteiger partial charge < -0.3 is 25.6 Å². The number of benzene rings is 1. The van der Waals surface area contributed by atoms with E-state index >= 15 is 0 Å². The van der Waals surface area contributed by atoms with E-state index in [-0.39, 0.29) is 30.6 Å². The van der Waals surface area contributed by atoms with Gasteiger partial charge in [-0.1, -0.05) is 31.4 Å². The third-order valence-corrected chi connectivity index (χ3v) is 5.64. The molecule has 3 N–H and O–H groups in total. The van der Waals surface area contributed by atoms with Gasteiger partial charge >= 0.3 is 6.03 Å². The fourth-order valence-corrected chi connectivity index (χ4v) is 4.08. The van der Waals surface area contributed by atoms with Crippen molar-refractivity contribution in [1.82, 2.24) is 16.0 Å². The van der Waals surface area contributed by atoms with Gasteiger partial charge in [0.2, 0.25) is 5.91 Å². The maximum absolute atomic E-state index is 12.1. The Kier molecular flexibility index (Phi) is 7.39. The Labute approximate surface area is 167 Å². The molecule has 0 unspecified atom stereocenters. The molecule has 2 fully saturated rings. The van der Waals surface area contributed by atoms with E-state index < -0.39 is 0 Å². The van der Waals surface area contributed by atoms with E-state index in [4.69, 9.17) is 4.74 Å². The van der Waals surface area contributed by atoms with Gasteiger partial charge in [-0.25, -0.2) is 4.79 Å². The largest absolute Gasteiger partial charge is 0.495 e. The maximum atomic E-state index is 12.1. The Morgan fingerprint density at radius 2 is 1.68 bits per heavy atom. The monoisotopic (exact) mass is 388 g/mol. The number of carbonyl (C=O) groups is 2. The van der Waals surface area contributed by atoms with E-state index in [0.717, 1.165) is 50.2 Å². The van der Waals surface area contributed by atoms with Crippen LogP contribution in [0.2, 0.25) is 0 Å².